The van der Waals surface area contributed by atoms with Gasteiger partial charge in [-0.2, -0.15) is 0 Å². The summed E-state index contributed by atoms with van der Waals surface area (Å²) in [7, 11) is 1.31. The second kappa shape index (κ2) is 6.02. The van der Waals surface area contributed by atoms with Crippen LogP contribution in [0, 0.1) is 5.41 Å². The number of ether oxygens (including phenoxy) is 1. The van der Waals surface area contributed by atoms with Crippen LogP contribution in [0.5, 0.6) is 5.75 Å². The molecule has 1 aromatic carbocycles. The van der Waals surface area contributed by atoms with Crippen LogP contribution in [0.25, 0.3) is 0 Å². The first-order valence-electron chi connectivity index (χ1n) is 5.89. The summed E-state index contributed by atoms with van der Waals surface area (Å²) in [5.74, 6) is -2.42. The van der Waals surface area contributed by atoms with Crippen LogP contribution < -0.4 is 10.1 Å². The Morgan fingerprint density at radius 2 is 1.76 bits per heavy atom. The van der Waals surface area contributed by atoms with Crippen LogP contribution in [0.4, 0.5) is 13.2 Å². The summed E-state index contributed by atoms with van der Waals surface area (Å²) in [5, 5.41) is 11.4. The Morgan fingerprint density at radius 1 is 1.24 bits per heavy atom. The van der Waals surface area contributed by atoms with Gasteiger partial charge in [0.15, 0.2) is 0 Å². The van der Waals surface area contributed by atoms with Gasteiger partial charge in [0, 0.05) is 7.05 Å². The molecular formula is C13H14F3NO4. The second-order valence-corrected chi connectivity index (χ2v) is 4.58. The maximum absolute atomic E-state index is 12.0. The molecule has 0 spiro atoms. The smallest absolute Gasteiger partial charge is 0.480 e. The Balaban J connectivity index is 2.92. The van der Waals surface area contributed by atoms with Crippen LogP contribution in [-0.4, -0.2) is 30.4 Å². The van der Waals surface area contributed by atoms with Crippen molar-refractivity contribution in [2.24, 2.45) is 5.41 Å². The van der Waals surface area contributed by atoms with Gasteiger partial charge in [-0.25, -0.2) is 0 Å². The van der Waals surface area contributed by atoms with E-state index in [0.717, 1.165) is 12.1 Å². The predicted octanol–water partition coefficient (Wildman–Crippen LogP) is 1.96. The van der Waals surface area contributed by atoms with Crippen LogP contribution in [0.2, 0.25) is 0 Å². The summed E-state index contributed by atoms with van der Waals surface area (Å²) in [6, 6.07) is 4.69. The average Bonchev–Trinajstić information content (AvgIpc) is 2.38. The van der Waals surface area contributed by atoms with Crippen molar-refractivity contribution in [3.8, 4) is 5.75 Å². The van der Waals surface area contributed by atoms with Crippen molar-refractivity contribution in [3.05, 3.63) is 29.8 Å². The maximum atomic E-state index is 12.0. The van der Waals surface area contributed by atoms with E-state index in [-0.39, 0.29) is 6.42 Å². The third kappa shape index (κ3) is 4.37. The van der Waals surface area contributed by atoms with Crippen LogP contribution in [0.15, 0.2) is 24.3 Å². The number of alkyl halides is 3. The second-order valence-electron chi connectivity index (χ2n) is 4.58. The molecule has 0 aliphatic carbocycles. The van der Waals surface area contributed by atoms with Gasteiger partial charge >= 0.3 is 12.3 Å². The zero-order valence-electron chi connectivity index (χ0n) is 11.3. The Labute approximate surface area is 118 Å². The number of benzene rings is 1. The number of carboxylic acids is 1. The number of rotatable bonds is 5. The fraction of sp³-hybridized carbons (Fsp3) is 0.385. The van der Waals surface area contributed by atoms with Gasteiger partial charge < -0.3 is 15.2 Å². The molecule has 0 saturated heterocycles. The summed E-state index contributed by atoms with van der Waals surface area (Å²) < 4.78 is 39.8. The van der Waals surface area contributed by atoms with Crippen LogP contribution in [0.1, 0.15) is 12.5 Å². The van der Waals surface area contributed by atoms with Crippen molar-refractivity contribution in [2.45, 2.75) is 19.7 Å². The molecule has 5 nitrogen and oxygen atoms in total. The monoisotopic (exact) mass is 305 g/mol. The van der Waals surface area contributed by atoms with E-state index in [4.69, 9.17) is 5.11 Å². The van der Waals surface area contributed by atoms with E-state index in [1.165, 1.54) is 26.1 Å². The van der Waals surface area contributed by atoms with E-state index >= 15 is 0 Å². The van der Waals surface area contributed by atoms with Crippen molar-refractivity contribution in [3.63, 3.8) is 0 Å². The van der Waals surface area contributed by atoms with Crippen molar-refractivity contribution >= 4 is 11.9 Å². The highest BCUT2D eigenvalue weighted by molar-refractivity contribution is 6.01. The molecule has 2 N–H and O–H groups in total. The van der Waals surface area contributed by atoms with Gasteiger partial charge in [0.2, 0.25) is 5.91 Å². The van der Waals surface area contributed by atoms with E-state index in [9.17, 15) is 22.8 Å². The number of nitrogens with one attached hydrogen (secondary N) is 1. The lowest BCUT2D eigenvalue weighted by molar-refractivity contribution is -0.274. The van der Waals surface area contributed by atoms with Gasteiger partial charge in [0.25, 0.3) is 0 Å². The maximum Gasteiger partial charge on any atom is 0.573 e. The van der Waals surface area contributed by atoms with E-state index < -0.39 is 29.4 Å². The van der Waals surface area contributed by atoms with E-state index in [1.54, 1.807) is 0 Å². The summed E-state index contributed by atoms with van der Waals surface area (Å²) in [6.45, 7) is 1.24. The van der Waals surface area contributed by atoms with Crippen LogP contribution in [0.3, 0.4) is 0 Å². The fourth-order valence-electron chi connectivity index (χ4n) is 1.75. The minimum Gasteiger partial charge on any atom is -0.480 e. The molecule has 1 atom stereocenters. The SMILES string of the molecule is CNC(=O)C(C)(Cc1ccc(OC(F)(F)F)cc1)C(=O)O. The van der Waals surface area contributed by atoms with Gasteiger partial charge in [-0.05, 0) is 31.0 Å². The molecule has 116 valence electrons. The number of carbonyl (C=O) groups excluding carboxylic acids is 1. The molecule has 1 unspecified atom stereocenters. The lowest BCUT2D eigenvalue weighted by Crippen LogP contribution is -2.44. The molecule has 0 bridgehead atoms. The molecule has 0 heterocycles. The third-order valence-electron chi connectivity index (χ3n) is 2.91. The molecule has 1 rings (SSSR count). The zero-order chi connectivity index (χ0) is 16.3. The molecule has 0 aliphatic rings. The summed E-state index contributed by atoms with van der Waals surface area (Å²) in [4.78, 5) is 22.9. The van der Waals surface area contributed by atoms with Crippen molar-refractivity contribution in [2.75, 3.05) is 7.05 Å². The number of hydrogen-bond acceptors (Lipinski definition) is 3. The lowest BCUT2D eigenvalue weighted by Gasteiger charge is -2.22. The lowest BCUT2D eigenvalue weighted by atomic mass is 9.82. The summed E-state index contributed by atoms with van der Waals surface area (Å²) in [5.41, 5.74) is -1.31. The Kier molecular flexibility index (Phi) is 4.82. The number of aliphatic carboxylic acids is 1. The molecule has 0 radical (unpaired) electrons. The highest BCUT2D eigenvalue weighted by Gasteiger charge is 2.40. The van der Waals surface area contributed by atoms with Crippen molar-refractivity contribution in [1.29, 1.82) is 0 Å². The molecule has 0 aliphatic heterocycles. The molecule has 0 saturated carbocycles. The van der Waals surface area contributed by atoms with Gasteiger partial charge in [0.1, 0.15) is 11.2 Å². The van der Waals surface area contributed by atoms with Gasteiger partial charge in [-0.3, -0.25) is 9.59 Å². The van der Waals surface area contributed by atoms with Crippen LogP contribution in [-0.2, 0) is 16.0 Å². The highest BCUT2D eigenvalue weighted by atomic mass is 19.4. The first-order valence-corrected chi connectivity index (χ1v) is 5.89. The fourth-order valence-corrected chi connectivity index (χ4v) is 1.75. The molecule has 8 heteroatoms. The van der Waals surface area contributed by atoms with E-state index in [2.05, 4.69) is 10.1 Å². The van der Waals surface area contributed by atoms with Gasteiger partial charge in [-0.15, -0.1) is 13.2 Å². The standard InChI is InChI=1S/C13H14F3NO4/c1-12(11(19)20,10(18)17-2)7-8-3-5-9(6-4-8)21-13(14,15)16/h3-6H,7H2,1-2H3,(H,17,18)(H,19,20). The number of amides is 1. The van der Waals surface area contributed by atoms with E-state index in [0.29, 0.717) is 5.56 Å². The quantitative estimate of drug-likeness (QED) is 0.816. The number of hydrogen-bond donors (Lipinski definition) is 2. The van der Waals surface area contributed by atoms with Gasteiger partial charge in [0.05, 0.1) is 0 Å². The van der Waals surface area contributed by atoms with Gasteiger partial charge in [-0.1, -0.05) is 12.1 Å². The minimum absolute atomic E-state index is 0.158. The first kappa shape index (κ1) is 16.8. The topological polar surface area (TPSA) is 75.6 Å². The zero-order valence-corrected chi connectivity index (χ0v) is 11.3. The first-order chi connectivity index (χ1) is 9.58. The Bertz CT molecular complexity index is 527. The molecule has 21 heavy (non-hydrogen) atoms. The molecule has 0 fully saturated rings. The highest BCUT2D eigenvalue weighted by Crippen LogP contribution is 2.27. The Morgan fingerprint density at radius 3 is 2.14 bits per heavy atom. The number of carboxylic acid groups (broad SMARTS) is 1. The van der Waals surface area contributed by atoms with Crippen molar-refractivity contribution in [1.82, 2.24) is 5.32 Å². The largest absolute Gasteiger partial charge is 0.573 e. The molecule has 1 amide bonds. The van der Waals surface area contributed by atoms with E-state index in [1.807, 2.05) is 0 Å². The number of carbonyl (C=O) groups is 2. The molecule has 1 aromatic rings. The average molecular weight is 305 g/mol. The summed E-state index contributed by atoms with van der Waals surface area (Å²) in [6.07, 6.45) is -4.95. The van der Waals surface area contributed by atoms with Crippen molar-refractivity contribution < 1.29 is 32.6 Å². The minimum atomic E-state index is -4.79. The predicted molar refractivity (Wildman–Crippen MR) is 66.6 cm³/mol. The van der Waals surface area contributed by atoms with Crippen LogP contribution >= 0.6 is 0 Å². The normalized spacial score (nSPS) is 14.1. The molecule has 0 aromatic heterocycles. The number of halogens is 3. The Hall–Kier alpha value is -2.25. The molecular weight excluding hydrogens is 291 g/mol. The summed E-state index contributed by atoms with van der Waals surface area (Å²) >= 11 is 0. The third-order valence-corrected chi connectivity index (χ3v) is 2.91.